The van der Waals surface area contributed by atoms with Crippen molar-refractivity contribution >= 4 is 11.7 Å². The van der Waals surface area contributed by atoms with E-state index in [0.717, 1.165) is 5.56 Å². The Morgan fingerprint density at radius 2 is 1.95 bits per heavy atom. The molecule has 1 amide bonds. The highest BCUT2D eigenvalue weighted by molar-refractivity contribution is 5.85. The van der Waals surface area contributed by atoms with Crippen molar-refractivity contribution in [2.45, 2.75) is 6.04 Å². The van der Waals surface area contributed by atoms with E-state index < -0.39 is 6.04 Å². The molecule has 0 spiro atoms. The van der Waals surface area contributed by atoms with Crippen molar-refractivity contribution in [1.82, 2.24) is 14.9 Å². The van der Waals surface area contributed by atoms with Crippen molar-refractivity contribution in [1.29, 1.82) is 0 Å². The molecule has 0 aliphatic carbocycles. The van der Waals surface area contributed by atoms with Gasteiger partial charge in [-0.15, -0.1) is 0 Å². The van der Waals surface area contributed by atoms with Gasteiger partial charge in [-0.05, 0) is 11.6 Å². The molecular weight excluding hydrogens is 240 g/mol. The molecule has 0 fully saturated rings. The molecule has 0 aliphatic heterocycles. The molecule has 0 saturated carbocycles. The van der Waals surface area contributed by atoms with E-state index in [1.165, 1.54) is 6.33 Å². The average Bonchev–Trinajstić information content (AvgIpc) is 2.46. The van der Waals surface area contributed by atoms with Crippen LogP contribution in [0.5, 0.6) is 0 Å². The number of likely N-dealkylation sites (N-methyl/N-ethyl adjacent to an activating group) is 1. The zero-order valence-electron chi connectivity index (χ0n) is 10.9. The first-order valence-electron chi connectivity index (χ1n) is 5.97. The summed E-state index contributed by atoms with van der Waals surface area (Å²) < 4.78 is 0. The minimum absolute atomic E-state index is 0.0233. The van der Waals surface area contributed by atoms with Crippen LogP contribution in [0.15, 0.2) is 48.9 Å². The van der Waals surface area contributed by atoms with E-state index >= 15 is 0 Å². The summed E-state index contributed by atoms with van der Waals surface area (Å²) in [5.74, 6) is 0.601. The van der Waals surface area contributed by atoms with Crippen LogP contribution in [-0.2, 0) is 4.79 Å². The van der Waals surface area contributed by atoms with Gasteiger partial charge < -0.3 is 10.2 Å². The van der Waals surface area contributed by atoms with Gasteiger partial charge in [-0.2, -0.15) is 0 Å². The summed E-state index contributed by atoms with van der Waals surface area (Å²) in [4.78, 5) is 21.8. The summed E-state index contributed by atoms with van der Waals surface area (Å²) in [6.07, 6.45) is 3.09. The number of anilines is 1. The molecular formula is C14H16N4O. The highest BCUT2D eigenvalue weighted by Gasteiger charge is 2.22. The lowest BCUT2D eigenvalue weighted by Gasteiger charge is -2.22. The average molecular weight is 256 g/mol. The van der Waals surface area contributed by atoms with Gasteiger partial charge >= 0.3 is 0 Å². The van der Waals surface area contributed by atoms with Gasteiger partial charge in [0.1, 0.15) is 18.2 Å². The fourth-order valence-corrected chi connectivity index (χ4v) is 1.72. The monoisotopic (exact) mass is 256 g/mol. The Kier molecular flexibility index (Phi) is 4.07. The van der Waals surface area contributed by atoms with Crippen LogP contribution in [0.25, 0.3) is 0 Å². The number of carbonyl (C=O) groups is 1. The Bertz CT molecular complexity index is 528. The van der Waals surface area contributed by atoms with E-state index in [0.29, 0.717) is 5.82 Å². The summed E-state index contributed by atoms with van der Waals surface area (Å²) >= 11 is 0. The van der Waals surface area contributed by atoms with Crippen LogP contribution in [0.1, 0.15) is 11.6 Å². The lowest BCUT2D eigenvalue weighted by atomic mass is 10.1. The topological polar surface area (TPSA) is 58.1 Å². The van der Waals surface area contributed by atoms with Gasteiger partial charge in [0.15, 0.2) is 0 Å². The summed E-state index contributed by atoms with van der Waals surface area (Å²) in [5.41, 5.74) is 0.903. The second-order valence-electron chi connectivity index (χ2n) is 4.32. The van der Waals surface area contributed by atoms with Gasteiger partial charge in [-0.3, -0.25) is 4.79 Å². The van der Waals surface area contributed by atoms with Gasteiger partial charge in [-0.25, -0.2) is 9.97 Å². The smallest absolute Gasteiger partial charge is 0.249 e. The van der Waals surface area contributed by atoms with Crippen LogP contribution in [0.2, 0.25) is 0 Å². The summed E-state index contributed by atoms with van der Waals surface area (Å²) in [6.45, 7) is 0. The van der Waals surface area contributed by atoms with E-state index in [1.807, 2.05) is 30.3 Å². The van der Waals surface area contributed by atoms with Crippen molar-refractivity contribution in [2.75, 3.05) is 19.4 Å². The van der Waals surface area contributed by atoms with Crippen molar-refractivity contribution in [2.24, 2.45) is 0 Å². The Morgan fingerprint density at radius 1 is 1.21 bits per heavy atom. The molecule has 1 aromatic carbocycles. The number of nitrogens with zero attached hydrogens (tertiary/aromatic N) is 3. The molecule has 0 bridgehead atoms. The predicted molar refractivity (Wildman–Crippen MR) is 73.5 cm³/mol. The second kappa shape index (κ2) is 5.95. The van der Waals surface area contributed by atoms with Gasteiger partial charge in [0.25, 0.3) is 0 Å². The number of carbonyl (C=O) groups excluding carboxylic acids is 1. The summed E-state index contributed by atoms with van der Waals surface area (Å²) in [6, 6.07) is 10.9. The Hall–Kier alpha value is -2.43. The number of aromatic nitrogens is 2. The van der Waals surface area contributed by atoms with E-state index in [-0.39, 0.29) is 5.91 Å². The zero-order chi connectivity index (χ0) is 13.7. The first-order valence-corrected chi connectivity index (χ1v) is 5.97. The van der Waals surface area contributed by atoms with Crippen LogP contribution in [0.4, 0.5) is 5.82 Å². The molecule has 1 atom stereocenters. The molecule has 19 heavy (non-hydrogen) atoms. The largest absolute Gasteiger partial charge is 0.355 e. The molecule has 5 nitrogen and oxygen atoms in total. The number of amides is 1. The molecule has 2 rings (SSSR count). The zero-order valence-corrected chi connectivity index (χ0v) is 10.9. The van der Waals surface area contributed by atoms with Gasteiger partial charge in [0.2, 0.25) is 5.91 Å². The van der Waals surface area contributed by atoms with Gasteiger partial charge in [0.05, 0.1) is 0 Å². The standard InChI is InChI=1S/C14H16N4O/c1-18(2)14(19)13(11-6-4-3-5-7-11)17-12-8-9-15-10-16-12/h3-10,13H,1-2H3,(H,15,16,17). The highest BCUT2D eigenvalue weighted by Crippen LogP contribution is 2.19. The normalized spacial score (nSPS) is 11.7. The minimum Gasteiger partial charge on any atom is -0.355 e. The third kappa shape index (κ3) is 3.28. The second-order valence-corrected chi connectivity index (χ2v) is 4.32. The fourth-order valence-electron chi connectivity index (χ4n) is 1.72. The van der Waals surface area contributed by atoms with Crippen molar-refractivity contribution in [3.63, 3.8) is 0 Å². The van der Waals surface area contributed by atoms with E-state index in [9.17, 15) is 4.79 Å². The van der Waals surface area contributed by atoms with Crippen LogP contribution in [0, 0.1) is 0 Å². The number of hydrogen-bond acceptors (Lipinski definition) is 4. The van der Waals surface area contributed by atoms with Crippen LogP contribution >= 0.6 is 0 Å². The van der Waals surface area contributed by atoms with Crippen molar-refractivity contribution in [3.05, 3.63) is 54.5 Å². The van der Waals surface area contributed by atoms with Crippen molar-refractivity contribution < 1.29 is 4.79 Å². The molecule has 0 aliphatic rings. The first kappa shape index (κ1) is 13.0. The molecule has 0 radical (unpaired) electrons. The maximum absolute atomic E-state index is 12.3. The number of rotatable bonds is 4. The third-order valence-electron chi connectivity index (χ3n) is 2.69. The molecule has 1 N–H and O–H groups in total. The van der Waals surface area contributed by atoms with E-state index in [4.69, 9.17) is 0 Å². The maximum Gasteiger partial charge on any atom is 0.249 e. The molecule has 1 heterocycles. The lowest BCUT2D eigenvalue weighted by molar-refractivity contribution is -0.129. The molecule has 2 aromatic rings. The van der Waals surface area contributed by atoms with Gasteiger partial charge in [0, 0.05) is 20.3 Å². The lowest BCUT2D eigenvalue weighted by Crippen LogP contribution is -2.32. The Balaban J connectivity index is 2.28. The van der Waals surface area contributed by atoms with E-state index in [1.54, 1.807) is 31.3 Å². The number of nitrogens with one attached hydrogen (secondary N) is 1. The van der Waals surface area contributed by atoms with Crippen molar-refractivity contribution in [3.8, 4) is 0 Å². The Labute approximate surface area is 112 Å². The molecule has 1 unspecified atom stereocenters. The highest BCUT2D eigenvalue weighted by atomic mass is 16.2. The molecule has 1 aromatic heterocycles. The van der Waals surface area contributed by atoms with E-state index in [2.05, 4.69) is 15.3 Å². The predicted octanol–water partition coefficient (Wildman–Crippen LogP) is 1.72. The Morgan fingerprint density at radius 3 is 2.53 bits per heavy atom. The maximum atomic E-state index is 12.3. The van der Waals surface area contributed by atoms with Crippen LogP contribution < -0.4 is 5.32 Å². The van der Waals surface area contributed by atoms with Crippen LogP contribution in [-0.4, -0.2) is 34.9 Å². The van der Waals surface area contributed by atoms with Crippen LogP contribution in [0.3, 0.4) is 0 Å². The molecule has 0 saturated heterocycles. The number of benzene rings is 1. The fraction of sp³-hybridized carbons (Fsp3) is 0.214. The molecule has 98 valence electrons. The SMILES string of the molecule is CN(C)C(=O)C(Nc1ccncn1)c1ccccc1. The molecule has 5 heteroatoms. The number of hydrogen-bond donors (Lipinski definition) is 1. The quantitative estimate of drug-likeness (QED) is 0.905. The minimum atomic E-state index is -0.453. The summed E-state index contributed by atoms with van der Waals surface area (Å²) in [5, 5.41) is 3.13. The third-order valence-corrected chi connectivity index (χ3v) is 2.69. The summed E-state index contributed by atoms with van der Waals surface area (Å²) in [7, 11) is 3.47. The first-order chi connectivity index (χ1) is 9.18. The van der Waals surface area contributed by atoms with Gasteiger partial charge in [-0.1, -0.05) is 30.3 Å².